The van der Waals surface area contributed by atoms with Crippen LogP contribution in [0, 0.1) is 12.0 Å². The summed E-state index contributed by atoms with van der Waals surface area (Å²) >= 11 is 0. The molecule has 1 aromatic rings. The Kier molecular flexibility index (Phi) is 8.66. The van der Waals surface area contributed by atoms with E-state index in [9.17, 15) is 0 Å². The molecule has 0 saturated carbocycles. The minimum absolute atomic E-state index is 0.677. The summed E-state index contributed by atoms with van der Waals surface area (Å²) in [5.41, 5.74) is 1.35. The topological polar surface area (TPSA) is 21.3 Å². The summed E-state index contributed by atoms with van der Waals surface area (Å²) in [6.45, 7) is 4.67. The van der Waals surface area contributed by atoms with E-state index in [2.05, 4.69) is 41.6 Å². The zero-order chi connectivity index (χ0) is 12.9. The molecule has 2 nitrogen and oxygen atoms in total. The molecule has 0 aliphatic rings. The van der Waals surface area contributed by atoms with Crippen molar-refractivity contribution >= 4 is 0 Å². The van der Waals surface area contributed by atoms with Crippen LogP contribution in [0.1, 0.15) is 38.2 Å². The number of unbranched alkanes of at least 4 members (excludes halogenated alkanes) is 3. The maximum Gasteiger partial charge on any atom is 0.110 e. The molecule has 0 amide bonds. The van der Waals surface area contributed by atoms with Crippen LogP contribution >= 0.6 is 0 Å². The van der Waals surface area contributed by atoms with Crippen molar-refractivity contribution < 1.29 is 4.74 Å². The number of benzene rings is 1. The van der Waals surface area contributed by atoms with Crippen molar-refractivity contribution in [2.24, 2.45) is 0 Å². The van der Waals surface area contributed by atoms with E-state index in [1.165, 1.54) is 18.4 Å². The third kappa shape index (κ3) is 7.76. The van der Waals surface area contributed by atoms with Gasteiger partial charge in [0.15, 0.2) is 0 Å². The van der Waals surface area contributed by atoms with Gasteiger partial charge < -0.3 is 10.1 Å². The maximum atomic E-state index is 4.95. The molecule has 0 fully saturated rings. The molecule has 98 valence electrons. The number of hydrogen-bond acceptors (Lipinski definition) is 2. The summed E-state index contributed by atoms with van der Waals surface area (Å²) in [4.78, 5) is 0. The second-order valence-corrected chi connectivity index (χ2v) is 4.18. The van der Waals surface area contributed by atoms with Gasteiger partial charge in [0.2, 0.25) is 0 Å². The molecule has 1 N–H and O–H groups in total. The minimum atomic E-state index is 0.677. The van der Waals surface area contributed by atoms with Gasteiger partial charge in [-0.25, -0.2) is 0 Å². The normalized spacial score (nSPS) is 9.61. The van der Waals surface area contributed by atoms with Crippen molar-refractivity contribution in [1.82, 2.24) is 5.32 Å². The molecule has 0 bridgehead atoms. The lowest BCUT2D eigenvalue weighted by molar-refractivity contribution is 0.298. The van der Waals surface area contributed by atoms with Gasteiger partial charge >= 0.3 is 0 Å². The molecular weight excluding hydrogens is 222 g/mol. The molecule has 0 heterocycles. The minimum Gasteiger partial charge on any atom is -0.447 e. The standard InChI is InChI=1S/C16H23NO/c1-2-18-14-10-5-3-4-9-13-17-15-16-11-7-6-8-12-16/h6-8,11-12,17H,2-5,9,13,15H2,1H3. The summed E-state index contributed by atoms with van der Waals surface area (Å²) in [5, 5.41) is 3.45. The van der Waals surface area contributed by atoms with E-state index in [-0.39, 0.29) is 0 Å². The highest BCUT2D eigenvalue weighted by molar-refractivity contribution is 5.14. The first-order chi connectivity index (χ1) is 8.93. The fourth-order valence-electron chi connectivity index (χ4n) is 1.64. The zero-order valence-corrected chi connectivity index (χ0v) is 11.2. The molecule has 0 aliphatic heterocycles. The molecule has 0 aliphatic carbocycles. The lowest BCUT2D eigenvalue weighted by atomic mass is 10.2. The third-order valence-corrected chi connectivity index (χ3v) is 2.62. The van der Waals surface area contributed by atoms with Gasteiger partial charge in [0.25, 0.3) is 0 Å². The largest absolute Gasteiger partial charge is 0.447 e. The van der Waals surface area contributed by atoms with Crippen LogP contribution in [-0.2, 0) is 11.3 Å². The van der Waals surface area contributed by atoms with Gasteiger partial charge in [0.05, 0.1) is 6.61 Å². The Morgan fingerprint density at radius 2 is 1.94 bits per heavy atom. The van der Waals surface area contributed by atoms with Gasteiger partial charge in [-0.3, -0.25) is 0 Å². The van der Waals surface area contributed by atoms with Crippen LogP contribution in [0.25, 0.3) is 0 Å². The van der Waals surface area contributed by atoms with E-state index < -0.39 is 0 Å². The zero-order valence-electron chi connectivity index (χ0n) is 11.2. The first-order valence-corrected chi connectivity index (χ1v) is 6.77. The Hall–Kier alpha value is -1.46. The lowest BCUT2D eigenvalue weighted by Gasteiger charge is -2.04. The lowest BCUT2D eigenvalue weighted by Crippen LogP contribution is -2.14. The summed E-state index contributed by atoms with van der Waals surface area (Å²) in [6, 6.07) is 10.5. The third-order valence-electron chi connectivity index (χ3n) is 2.62. The summed E-state index contributed by atoms with van der Waals surface area (Å²) in [5.74, 6) is 3.01. The van der Waals surface area contributed by atoms with Gasteiger partial charge in [-0.1, -0.05) is 42.7 Å². The first-order valence-electron chi connectivity index (χ1n) is 6.77. The molecule has 0 radical (unpaired) electrons. The average molecular weight is 245 g/mol. The second-order valence-electron chi connectivity index (χ2n) is 4.18. The van der Waals surface area contributed by atoms with E-state index in [1.807, 2.05) is 13.0 Å². The molecule has 1 aromatic carbocycles. The van der Waals surface area contributed by atoms with Crippen molar-refractivity contribution in [3.63, 3.8) is 0 Å². The van der Waals surface area contributed by atoms with E-state index in [0.29, 0.717) is 6.61 Å². The molecule has 2 heteroatoms. The van der Waals surface area contributed by atoms with E-state index in [4.69, 9.17) is 4.74 Å². The predicted molar refractivity (Wildman–Crippen MR) is 76.0 cm³/mol. The SMILES string of the molecule is CCOC#CCCCCCNCc1ccccc1. The Morgan fingerprint density at radius 3 is 2.72 bits per heavy atom. The quantitative estimate of drug-likeness (QED) is 0.560. The van der Waals surface area contributed by atoms with E-state index in [1.54, 1.807) is 0 Å². The van der Waals surface area contributed by atoms with Crippen LogP contribution in [0.4, 0.5) is 0 Å². The van der Waals surface area contributed by atoms with Crippen molar-refractivity contribution in [1.29, 1.82) is 0 Å². The fourth-order valence-corrected chi connectivity index (χ4v) is 1.64. The molecule has 0 spiro atoms. The average Bonchev–Trinajstić information content (AvgIpc) is 2.42. The number of nitrogens with one attached hydrogen (secondary N) is 1. The van der Waals surface area contributed by atoms with Crippen molar-refractivity contribution in [3.05, 3.63) is 35.9 Å². The van der Waals surface area contributed by atoms with Crippen LogP contribution in [0.3, 0.4) is 0 Å². The van der Waals surface area contributed by atoms with Crippen molar-refractivity contribution in [2.75, 3.05) is 13.2 Å². The molecule has 0 atom stereocenters. The van der Waals surface area contributed by atoms with Gasteiger partial charge in [-0.2, -0.15) is 0 Å². The molecule has 1 rings (SSSR count). The van der Waals surface area contributed by atoms with Crippen molar-refractivity contribution in [3.8, 4) is 12.0 Å². The van der Waals surface area contributed by atoms with Crippen LogP contribution < -0.4 is 5.32 Å². The van der Waals surface area contributed by atoms with Gasteiger partial charge in [-0.15, -0.1) is 0 Å². The highest BCUT2D eigenvalue weighted by Gasteiger charge is 1.91. The van der Waals surface area contributed by atoms with E-state index in [0.717, 1.165) is 25.9 Å². The van der Waals surface area contributed by atoms with Crippen LogP contribution in [0.5, 0.6) is 0 Å². The van der Waals surface area contributed by atoms with Crippen molar-refractivity contribution in [2.45, 2.75) is 39.2 Å². The molecular formula is C16H23NO. The monoisotopic (exact) mass is 245 g/mol. The summed E-state index contributed by atoms with van der Waals surface area (Å²) in [6.07, 6.45) is 7.23. The van der Waals surface area contributed by atoms with Crippen LogP contribution in [0.2, 0.25) is 0 Å². The second kappa shape index (κ2) is 10.7. The number of rotatable bonds is 8. The first kappa shape index (κ1) is 14.6. The van der Waals surface area contributed by atoms with E-state index >= 15 is 0 Å². The Morgan fingerprint density at radius 1 is 1.11 bits per heavy atom. The maximum absolute atomic E-state index is 4.95. The predicted octanol–water partition coefficient (Wildman–Crippen LogP) is 3.33. The number of hydrogen-bond donors (Lipinski definition) is 1. The highest BCUT2D eigenvalue weighted by atomic mass is 16.5. The molecule has 0 aromatic heterocycles. The highest BCUT2D eigenvalue weighted by Crippen LogP contribution is 2.00. The molecule has 18 heavy (non-hydrogen) atoms. The summed E-state index contributed by atoms with van der Waals surface area (Å²) in [7, 11) is 0. The van der Waals surface area contributed by atoms with Gasteiger partial charge in [0, 0.05) is 13.0 Å². The smallest absolute Gasteiger partial charge is 0.110 e. The Bertz CT molecular complexity index is 350. The number of ether oxygens (including phenoxy) is 1. The Balaban J connectivity index is 1.89. The van der Waals surface area contributed by atoms with Crippen LogP contribution in [-0.4, -0.2) is 13.2 Å². The molecule has 0 unspecified atom stereocenters. The Labute approximate surface area is 111 Å². The summed E-state index contributed by atoms with van der Waals surface area (Å²) < 4.78 is 4.95. The molecule has 0 saturated heterocycles. The van der Waals surface area contributed by atoms with Gasteiger partial charge in [0.1, 0.15) is 6.11 Å². The van der Waals surface area contributed by atoms with Crippen LogP contribution in [0.15, 0.2) is 30.3 Å². The van der Waals surface area contributed by atoms with Gasteiger partial charge in [-0.05, 0) is 31.9 Å². The fraction of sp³-hybridized carbons (Fsp3) is 0.500.